The lowest BCUT2D eigenvalue weighted by atomic mass is 10.0. The van der Waals surface area contributed by atoms with Crippen molar-refractivity contribution in [2.45, 2.75) is 6.61 Å². The van der Waals surface area contributed by atoms with Gasteiger partial charge in [-0.25, -0.2) is 9.78 Å². The zero-order chi connectivity index (χ0) is 17.1. The second kappa shape index (κ2) is 6.87. The van der Waals surface area contributed by atoms with Gasteiger partial charge < -0.3 is 4.74 Å². The molecular formula is C21H15NO2S. The summed E-state index contributed by atoms with van der Waals surface area (Å²) in [7, 11) is 0. The number of ether oxygens (including phenoxy) is 1. The Morgan fingerprint density at radius 2 is 1.72 bits per heavy atom. The van der Waals surface area contributed by atoms with Gasteiger partial charge in [0.15, 0.2) is 0 Å². The van der Waals surface area contributed by atoms with Crippen molar-refractivity contribution in [2.24, 2.45) is 0 Å². The number of benzene rings is 2. The van der Waals surface area contributed by atoms with Crippen molar-refractivity contribution >= 4 is 45.1 Å². The Bertz CT molecular complexity index is 1070. The number of esters is 1. The van der Waals surface area contributed by atoms with Gasteiger partial charge in [-0.15, -0.1) is 11.3 Å². The van der Waals surface area contributed by atoms with E-state index in [9.17, 15) is 4.79 Å². The average molecular weight is 345 g/mol. The molecule has 0 amide bonds. The quantitative estimate of drug-likeness (QED) is 0.290. The smallest absolute Gasteiger partial charge is 0.331 e. The first-order valence-electron chi connectivity index (χ1n) is 7.96. The number of fused-ring (bicyclic) bond motifs is 3. The van der Waals surface area contributed by atoms with Crippen LogP contribution in [-0.4, -0.2) is 11.0 Å². The maximum atomic E-state index is 12.0. The number of hydrogen-bond donors (Lipinski definition) is 0. The number of para-hydroxylation sites is 1. The lowest BCUT2D eigenvalue weighted by Gasteiger charge is -2.09. The minimum atomic E-state index is -0.368. The fraction of sp³-hybridized carbons (Fsp3) is 0.0476. The van der Waals surface area contributed by atoms with Gasteiger partial charge in [0.2, 0.25) is 0 Å². The molecule has 0 atom stereocenters. The van der Waals surface area contributed by atoms with Gasteiger partial charge in [-0.2, -0.15) is 0 Å². The third-order valence-electron chi connectivity index (χ3n) is 3.97. The van der Waals surface area contributed by atoms with Crippen molar-refractivity contribution in [2.75, 3.05) is 0 Å². The molecule has 0 aliphatic carbocycles. The van der Waals surface area contributed by atoms with Crippen LogP contribution < -0.4 is 0 Å². The number of rotatable bonds is 4. The maximum absolute atomic E-state index is 12.0. The van der Waals surface area contributed by atoms with E-state index in [1.807, 2.05) is 53.9 Å². The van der Waals surface area contributed by atoms with Gasteiger partial charge in [0, 0.05) is 21.7 Å². The molecule has 4 heteroatoms. The van der Waals surface area contributed by atoms with Gasteiger partial charge in [0.1, 0.15) is 6.61 Å². The largest absolute Gasteiger partial charge is 0.456 e. The van der Waals surface area contributed by atoms with Gasteiger partial charge in [0.05, 0.1) is 11.2 Å². The molecule has 122 valence electrons. The fourth-order valence-corrected chi connectivity index (χ4v) is 3.43. The van der Waals surface area contributed by atoms with Gasteiger partial charge in [-0.05, 0) is 29.0 Å². The molecular weight excluding hydrogens is 330 g/mol. The second-order valence-corrected chi connectivity index (χ2v) is 6.56. The predicted molar refractivity (Wildman–Crippen MR) is 102 cm³/mol. The van der Waals surface area contributed by atoms with E-state index in [0.717, 1.165) is 32.2 Å². The van der Waals surface area contributed by atoms with E-state index in [4.69, 9.17) is 4.74 Å². The molecule has 0 aliphatic heterocycles. The van der Waals surface area contributed by atoms with Gasteiger partial charge >= 0.3 is 5.97 Å². The van der Waals surface area contributed by atoms with Crippen LogP contribution in [-0.2, 0) is 16.1 Å². The predicted octanol–water partition coefficient (Wildman–Crippen LogP) is 5.21. The van der Waals surface area contributed by atoms with Gasteiger partial charge in [0.25, 0.3) is 0 Å². The molecule has 0 spiro atoms. The number of thiophene rings is 1. The number of pyridine rings is 1. The highest BCUT2D eigenvalue weighted by Crippen LogP contribution is 2.26. The Balaban J connectivity index is 1.61. The molecule has 2 heterocycles. The summed E-state index contributed by atoms with van der Waals surface area (Å²) in [6.07, 6.45) is 3.22. The van der Waals surface area contributed by atoms with Crippen LogP contribution in [0.3, 0.4) is 0 Å². The summed E-state index contributed by atoms with van der Waals surface area (Å²) < 4.78 is 5.40. The van der Waals surface area contributed by atoms with Gasteiger partial charge in [-0.3, -0.25) is 0 Å². The molecule has 0 bridgehead atoms. The highest BCUT2D eigenvalue weighted by atomic mass is 32.1. The summed E-state index contributed by atoms with van der Waals surface area (Å²) >= 11 is 1.58. The van der Waals surface area contributed by atoms with Crippen molar-refractivity contribution in [1.82, 2.24) is 4.98 Å². The Kier molecular flexibility index (Phi) is 4.27. The first-order valence-corrected chi connectivity index (χ1v) is 8.84. The van der Waals surface area contributed by atoms with Crippen LogP contribution in [0, 0.1) is 0 Å². The van der Waals surface area contributed by atoms with E-state index in [2.05, 4.69) is 17.1 Å². The van der Waals surface area contributed by atoms with Crippen LogP contribution in [0.2, 0.25) is 0 Å². The molecule has 4 aromatic rings. The minimum absolute atomic E-state index is 0.152. The zero-order valence-corrected chi connectivity index (χ0v) is 14.2. The molecule has 2 aromatic heterocycles. The Morgan fingerprint density at radius 1 is 0.960 bits per heavy atom. The maximum Gasteiger partial charge on any atom is 0.331 e. The molecule has 0 radical (unpaired) electrons. The standard InChI is InChI=1S/C21H15NO2S/c23-21(12-11-15-6-5-13-25-15)24-14-20-18-9-2-1-7-16(18)17-8-3-4-10-19(17)22-20/h1-13H,14H2/b12-11+. The topological polar surface area (TPSA) is 39.2 Å². The number of carbonyl (C=O) groups is 1. The summed E-state index contributed by atoms with van der Waals surface area (Å²) in [4.78, 5) is 17.7. The number of aromatic nitrogens is 1. The first kappa shape index (κ1) is 15.5. The van der Waals surface area contributed by atoms with Crippen molar-refractivity contribution in [3.8, 4) is 0 Å². The van der Waals surface area contributed by atoms with E-state index >= 15 is 0 Å². The monoisotopic (exact) mass is 345 g/mol. The van der Waals surface area contributed by atoms with Crippen LogP contribution in [0.25, 0.3) is 27.8 Å². The highest BCUT2D eigenvalue weighted by molar-refractivity contribution is 7.10. The van der Waals surface area contributed by atoms with Crippen molar-refractivity contribution in [3.05, 3.63) is 82.7 Å². The van der Waals surface area contributed by atoms with Crippen LogP contribution in [0.5, 0.6) is 0 Å². The SMILES string of the molecule is O=C(/C=C/c1cccs1)OCc1nc2ccccc2c2ccccc12. The molecule has 3 nitrogen and oxygen atoms in total. The Labute approximate surface area is 149 Å². The average Bonchev–Trinajstić information content (AvgIpc) is 3.18. The lowest BCUT2D eigenvalue weighted by molar-refractivity contribution is -0.138. The number of hydrogen-bond acceptors (Lipinski definition) is 4. The highest BCUT2D eigenvalue weighted by Gasteiger charge is 2.09. The second-order valence-electron chi connectivity index (χ2n) is 5.58. The van der Waals surface area contributed by atoms with Crippen LogP contribution in [0.1, 0.15) is 10.6 Å². The van der Waals surface area contributed by atoms with Crippen molar-refractivity contribution < 1.29 is 9.53 Å². The van der Waals surface area contributed by atoms with Crippen LogP contribution in [0.4, 0.5) is 0 Å². The van der Waals surface area contributed by atoms with Crippen LogP contribution in [0.15, 0.2) is 72.1 Å². The fourth-order valence-electron chi connectivity index (χ4n) is 2.81. The summed E-state index contributed by atoms with van der Waals surface area (Å²) in [6, 6.07) is 20.0. The molecule has 25 heavy (non-hydrogen) atoms. The molecule has 0 unspecified atom stereocenters. The molecule has 2 aromatic carbocycles. The van der Waals surface area contributed by atoms with E-state index in [-0.39, 0.29) is 12.6 Å². The molecule has 0 fully saturated rings. The summed E-state index contributed by atoms with van der Waals surface area (Å²) in [5.41, 5.74) is 1.67. The Hall–Kier alpha value is -2.98. The third-order valence-corrected chi connectivity index (χ3v) is 4.80. The van der Waals surface area contributed by atoms with Crippen LogP contribution >= 0.6 is 11.3 Å². The summed E-state index contributed by atoms with van der Waals surface area (Å²) in [6.45, 7) is 0.152. The number of nitrogens with zero attached hydrogens (tertiary/aromatic N) is 1. The van der Waals surface area contributed by atoms with Gasteiger partial charge in [-0.1, -0.05) is 48.5 Å². The molecule has 0 N–H and O–H groups in total. The zero-order valence-electron chi connectivity index (χ0n) is 13.4. The van der Waals surface area contributed by atoms with E-state index < -0.39 is 0 Å². The summed E-state index contributed by atoms with van der Waals surface area (Å²) in [5.74, 6) is -0.368. The first-order chi connectivity index (χ1) is 12.3. The number of carbonyl (C=O) groups excluding carboxylic acids is 1. The minimum Gasteiger partial charge on any atom is -0.456 e. The molecule has 4 rings (SSSR count). The van der Waals surface area contributed by atoms with E-state index in [1.165, 1.54) is 6.08 Å². The van der Waals surface area contributed by atoms with E-state index in [0.29, 0.717) is 0 Å². The normalized spacial score (nSPS) is 11.4. The lowest BCUT2D eigenvalue weighted by Crippen LogP contribution is -2.03. The third kappa shape index (κ3) is 3.30. The molecule has 0 aliphatic rings. The molecule has 0 saturated heterocycles. The van der Waals surface area contributed by atoms with Crippen molar-refractivity contribution in [1.29, 1.82) is 0 Å². The summed E-state index contributed by atoms with van der Waals surface area (Å²) in [5, 5.41) is 5.20. The molecule has 0 saturated carbocycles. The van der Waals surface area contributed by atoms with E-state index in [1.54, 1.807) is 17.4 Å². The van der Waals surface area contributed by atoms with Crippen molar-refractivity contribution in [3.63, 3.8) is 0 Å². The Morgan fingerprint density at radius 3 is 2.52 bits per heavy atom.